The van der Waals surface area contributed by atoms with Gasteiger partial charge in [-0.3, -0.25) is 0 Å². The van der Waals surface area contributed by atoms with Crippen LogP contribution < -0.4 is 10.2 Å². The van der Waals surface area contributed by atoms with E-state index in [1.807, 2.05) is 6.07 Å². The Morgan fingerprint density at radius 3 is 2.50 bits per heavy atom. The molecule has 1 aromatic carbocycles. The first kappa shape index (κ1) is 16.9. The average Bonchev–Trinajstić information content (AvgIpc) is 2.44. The molecule has 0 amide bonds. The summed E-state index contributed by atoms with van der Waals surface area (Å²) in [6.07, 6.45) is 2.13. The third-order valence-corrected chi connectivity index (χ3v) is 3.21. The molecule has 20 heavy (non-hydrogen) atoms. The van der Waals surface area contributed by atoms with Crippen molar-refractivity contribution < 1.29 is 9.13 Å². The molecule has 0 unspecified atom stereocenters. The summed E-state index contributed by atoms with van der Waals surface area (Å²) in [7, 11) is 1.67. The average molecular weight is 282 g/mol. The quantitative estimate of drug-likeness (QED) is 0.667. The second-order valence-electron chi connectivity index (χ2n) is 4.89. The van der Waals surface area contributed by atoms with Crippen molar-refractivity contribution in [3.05, 3.63) is 29.6 Å². The van der Waals surface area contributed by atoms with Crippen molar-refractivity contribution in [1.82, 2.24) is 5.32 Å². The highest BCUT2D eigenvalue weighted by atomic mass is 19.1. The van der Waals surface area contributed by atoms with Crippen LogP contribution in [-0.2, 0) is 11.3 Å². The lowest BCUT2D eigenvalue weighted by atomic mass is 10.1. The lowest BCUT2D eigenvalue weighted by molar-refractivity contribution is 0.199. The largest absolute Gasteiger partial charge is 0.383 e. The van der Waals surface area contributed by atoms with Crippen LogP contribution in [-0.4, -0.2) is 33.4 Å². The van der Waals surface area contributed by atoms with Crippen molar-refractivity contribution in [2.24, 2.45) is 0 Å². The van der Waals surface area contributed by atoms with Gasteiger partial charge in [0.15, 0.2) is 0 Å². The minimum atomic E-state index is -0.135. The van der Waals surface area contributed by atoms with Crippen molar-refractivity contribution in [3.8, 4) is 0 Å². The highest BCUT2D eigenvalue weighted by Crippen LogP contribution is 2.23. The predicted octanol–water partition coefficient (Wildman–Crippen LogP) is 3.19. The Morgan fingerprint density at radius 1 is 1.20 bits per heavy atom. The first-order valence-corrected chi connectivity index (χ1v) is 7.46. The molecule has 0 aliphatic rings. The first-order chi connectivity index (χ1) is 9.74. The molecule has 0 saturated carbocycles. The Hall–Kier alpha value is -1.13. The van der Waals surface area contributed by atoms with Gasteiger partial charge in [-0.25, -0.2) is 4.39 Å². The highest BCUT2D eigenvalue weighted by molar-refractivity contribution is 5.54. The molecule has 0 aromatic heterocycles. The third-order valence-electron chi connectivity index (χ3n) is 3.21. The van der Waals surface area contributed by atoms with Crippen molar-refractivity contribution in [2.75, 3.05) is 38.3 Å². The Labute approximate surface area is 122 Å². The smallest absolute Gasteiger partial charge is 0.129 e. The number of hydrogen-bond acceptors (Lipinski definition) is 3. The summed E-state index contributed by atoms with van der Waals surface area (Å²) < 4.78 is 19.1. The number of rotatable bonds is 10. The molecule has 114 valence electrons. The van der Waals surface area contributed by atoms with E-state index in [1.165, 1.54) is 6.07 Å². The van der Waals surface area contributed by atoms with Crippen LogP contribution in [0.2, 0.25) is 0 Å². The molecule has 0 atom stereocenters. The van der Waals surface area contributed by atoms with Crippen LogP contribution in [0, 0.1) is 5.82 Å². The topological polar surface area (TPSA) is 24.5 Å². The molecule has 0 spiro atoms. The van der Waals surface area contributed by atoms with Gasteiger partial charge in [-0.05, 0) is 25.0 Å². The van der Waals surface area contributed by atoms with E-state index in [2.05, 4.69) is 24.1 Å². The second-order valence-corrected chi connectivity index (χ2v) is 4.89. The van der Waals surface area contributed by atoms with Crippen molar-refractivity contribution in [1.29, 1.82) is 0 Å². The number of anilines is 1. The van der Waals surface area contributed by atoms with Gasteiger partial charge in [-0.2, -0.15) is 0 Å². The molecule has 0 fully saturated rings. The number of benzene rings is 1. The van der Waals surface area contributed by atoms with E-state index in [0.717, 1.165) is 43.7 Å². The Kier molecular flexibility index (Phi) is 8.23. The molecule has 0 saturated heterocycles. The van der Waals surface area contributed by atoms with E-state index in [1.54, 1.807) is 13.2 Å². The normalized spacial score (nSPS) is 10.8. The molecule has 0 aliphatic heterocycles. The van der Waals surface area contributed by atoms with Crippen molar-refractivity contribution >= 4 is 5.69 Å². The van der Waals surface area contributed by atoms with E-state index in [0.29, 0.717) is 13.2 Å². The minimum Gasteiger partial charge on any atom is -0.383 e. The van der Waals surface area contributed by atoms with Gasteiger partial charge in [0.1, 0.15) is 5.82 Å². The summed E-state index contributed by atoms with van der Waals surface area (Å²) in [5, 5.41) is 3.23. The fourth-order valence-corrected chi connectivity index (χ4v) is 2.30. The van der Waals surface area contributed by atoms with Crippen molar-refractivity contribution in [2.45, 2.75) is 33.2 Å². The Balaban J connectivity index is 2.84. The van der Waals surface area contributed by atoms with Crippen LogP contribution in [0.5, 0.6) is 0 Å². The van der Waals surface area contributed by atoms with Crippen molar-refractivity contribution in [3.63, 3.8) is 0 Å². The SMILES string of the molecule is CCCN(CCC)c1cccc(F)c1CNCCOC. The predicted molar refractivity (Wildman–Crippen MR) is 82.8 cm³/mol. The number of hydrogen-bond donors (Lipinski definition) is 1. The van der Waals surface area contributed by atoms with Crippen LogP contribution >= 0.6 is 0 Å². The number of nitrogens with one attached hydrogen (secondary N) is 1. The molecule has 0 bridgehead atoms. The fraction of sp³-hybridized carbons (Fsp3) is 0.625. The lowest BCUT2D eigenvalue weighted by Gasteiger charge is -2.26. The van der Waals surface area contributed by atoms with Gasteiger partial charge in [-0.15, -0.1) is 0 Å². The van der Waals surface area contributed by atoms with Gasteiger partial charge in [0, 0.05) is 44.5 Å². The molecule has 1 N–H and O–H groups in total. The van der Waals surface area contributed by atoms with Gasteiger partial charge >= 0.3 is 0 Å². The molecule has 0 aliphatic carbocycles. The second kappa shape index (κ2) is 9.72. The summed E-state index contributed by atoms with van der Waals surface area (Å²) in [4.78, 5) is 2.27. The van der Waals surface area contributed by atoms with Gasteiger partial charge < -0.3 is 15.0 Å². The number of halogens is 1. The van der Waals surface area contributed by atoms with E-state index < -0.39 is 0 Å². The molecule has 0 heterocycles. The van der Waals surface area contributed by atoms with Gasteiger partial charge in [0.05, 0.1) is 6.61 Å². The zero-order valence-electron chi connectivity index (χ0n) is 12.9. The maximum absolute atomic E-state index is 14.1. The monoisotopic (exact) mass is 282 g/mol. The van der Waals surface area contributed by atoms with Crippen LogP contribution in [0.25, 0.3) is 0 Å². The minimum absolute atomic E-state index is 0.135. The van der Waals surface area contributed by atoms with Gasteiger partial charge in [0.25, 0.3) is 0 Å². The van der Waals surface area contributed by atoms with E-state index >= 15 is 0 Å². The zero-order valence-corrected chi connectivity index (χ0v) is 12.9. The van der Waals surface area contributed by atoms with Crippen LogP contribution in [0.3, 0.4) is 0 Å². The molecular weight excluding hydrogens is 255 g/mol. The van der Waals surface area contributed by atoms with Crippen LogP contribution in [0.4, 0.5) is 10.1 Å². The summed E-state index contributed by atoms with van der Waals surface area (Å²) in [5.41, 5.74) is 1.77. The summed E-state index contributed by atoms with van der Waals surface area (Å²) in [6.45, 7) is 8.13. The van der Waals surface area contributed by atoms with Crippen LogP contribution in [0.15, 0.2) is 18.2 Å². The number of nitrogens with zero attached hydrogens (tertiary/aromatic N) is 1. The molecule has 1 rings (SSSR count). The molecule has 0 radical (unpaired) electrons. The standard InChI is InChI=1S/C16H27FN2O/c1-4-10-19(11-5-2)16-8-6-7-15(17)14(16)13-18-9-12-20-3/h6-8,18H,4-5,9-13H2,1-3H3. The Bertz CT molecular complexity index is 379. The van der Waals surface area contributed by atoms with E-state index in [4.69, 9.17) is 4.74 Å². The van der Waals surface area contributed by atoms with Gasteiger partial charge in [-0.1, -0.05) is 19.9 Å². The lowest BCUT2D eigenvalue weighted by Crippen LogP contribution is -2.28. The molecule has 1 aromatic rings. The zero-order chi connectivity index (χ0) is 14.8. The first-order valence-electron chi connectivity index (χ1n) is 7.46. The van der Waals surface area contributed by atoms with Gasteiger partial charge in [0.2, 0.25) is 0 Å². The van der Waals surface area contributed by atoms with E-state index in [-0.39, 0.29) is 5.82 Å². The number of methoxy groups -OCH3 is 1. The summed E-state index contributed by atoms with van der Waals surface area (Å²) in [6, 6.07) is 5.34. The molecule has 3 nitrogen and oxygen atoms in total. The third kappa shape index (κ3) is 5.10. The maximum atomic E-state index is 14.1. The fourth-order valence-electron chi connectivity index (χ4n) is 2.30. The van der Waals surface area contributed by atoms with E-state index in [9.17, 15) is 4.39 Å². The van der Waals surface area contributed by atoms with Crippen LogP contribution in [0.1, 0.15) is 32.3 Å². The Morgan fingerprint density at radius 2 is 1.90 bits per heavy atom. The molecular formula is C16H27FN2O. The summed E-state index contributed by atoms with van der Waals surface area (Å²) in [5.74, 6) is -0.135. The maximum Gasteiger partial charge on any atom is 0.129 e. The molecule has 4 heteroatoms. The highest BCUT2D eigenvalue weighted by Gasteiger charge is 2.13. The summed E-state index contributed by atoms with van der Waals surface area (Å²) >= 11 is 0. The number of ether oxygens (including phenoxy) is 1.